The molecule has 1 aliphatic heterocycles. The Bertz CT molecular complexity index is 699. The molecule has 0 aliphatic carbocycles. The number of benzene rings is 1. The lowest BCUT2D eigenvalue weighted by molar-refractivity contribution is 0.171. The summed E-state index contributed by atoms with van der Waals surface area (Å²) in [7, 11) is 1.80. The number of nitrogens with zero attached hydrogens (tertiary/aromatic N) is 1. The van der Waals surface area contributed by atoms with E-state index in [4.69, 9.17) is 9.47 Å². The van der Waals surface area contributed by atoms with Crippen molar-refractivity contribution in [2.45, 2.75) is 20.0 Å². The summed E-state index contributed by atoms with van der Waals surface area (Å²) in [5.74, 6) is 1.50. The van der Waals surface area contributed by atoms with Gasteiger partial charge in [-0.2, -0.15) is 0 Å². The van der Waals surface area contributed by atoms with Gasteiger partial charge in [-0.25, -0.2) is 4.79 Å². The molecule has 0 fully saturated rings. The molecule has 6 heteroatoms. The van der Waals surface area contributed by atoms with Crippen LogP contribution in [0.4, 0.5) is 4.79 Å². The van der Waals surface area contributed by atoms with Crippen LogP contribution >= 0.6 is 11.3 Å². The lowest BCUT2D eigenvalue weighted by Gasteiger charge is -2.20. The summed E-state index contributed by atoms with van der Waals surface area (Å²) in [4.78, 5) is 15.1. The molecule has 1 aromatic heterocycles. The van der Waals surface area contributed by atoms with Crippen LogP contribution in [0.25, 0.3) is 0 Å². The Morgan fingerprint density at radius 2 is 2.04 bits per heavy atom. The molecule has 0 bridgehead atoms. The van der Waals surface area contributed by atoms with E-state index in [0.29, 0.717) is 26.3 Å². The fourth-order valence-electron chi connectivity index (χ4n) is 2.36. The monoisotopic (exact) mass is 332 g/mol. The second kappa shape index (κ2) is 6.91. The van der Waals surface area contributed by atoms with Gasteiger partial charge in [-0.3, -0.25) is 0 Å². The molecule has 122 valence electrons. The number of nitrogens with one attached hydrogen (secondary N) is 1. The molecule has 0 saturated carbocycles. The largest absolute Gasteiger partial charge is 0.486 e. The number of amides is 2. The van der Waals surface area contributed by atoms with E-state index in [2.05, 4.69) is 18.3 Å². The highest BCUT2D eigenvalue weighted by atomic mass is 32.1. The van der Waals surface area contributed by atoms with Crippen LogP contribution in [-0.2, 0) is 13.1 Å². The topological polar surface area (TPSA) is 50.8 Å². The van der Waals surface area contributed by atoms with Crippen molar-refractivity contribution in [3.8, 4) is 11.5 Å². The summed E-state index contributed by atoms with van der Waals surface area (Å²) in [5, 5.41) is 4.98. The third kappa shape index (κ3) is 3.76. The molecule has 5 nitrogen and oxygen atoms in total. The van der Waals surface area contributed by atoms with Gasteiger partial charge in [0.1, 0.15) is 13.2 Å². The second-order valence-corrected chi connectivity index (χ2v) is 6.52. The maximum Gasteiger partial charge on any atom is 0.317 e. The van der Waals surface area contributed by atoms with Gasteiger partial charge in [0.05, 0.1) is 6.54 Å². The molecule has 0 atom stereocenters. The number of thiophene rings is 1. The van der Waals surface area contributed by atoms with Gasteiger partial charge in [0.15, 0.2) is 11.5 Å². The number of hydrogen-bond acceptors (Lipinski definition) is 4. The Kier molecular flexibility index (Phi) is 4.71. The summed E-state index contributed by atoms with van der Waals surface area (Å²) >= 11 is 1.67. The third-order valence-corrected chi connectivity index (χ3v) is 4.75. The summed E-state index contributed by atoms with van der Waals surface area (Å²) in [5.41, 5.74) is 2.21. The Balaban J connectivity index is 1.55. The molecule has 0 spiro atoms. The van der Waals surface area contributed by atoms with Crippen LogP contribution in [0.2, 0.25) is 0 Å². The first-order valence-corrected chi connectivity index (χ1v) is 8.42. The van der Waals surface area contributed by atoms with Gasteiger partial charge in [-0.15, -0.1) is 11.3 Å². The minimum absolute atomic E-state index is 0.0901. The highest BCUT2D eigenvalue weighted by molar-refractivity contribution is 7.10. The third-order valence-electron chi connectivity index (χ3n) is 3.75. The number of fused-ring (bicyclic) bond motifs is 1. The second-order valence-electron chi connectivity index (χ2n) is 5.52. The van der Waals surface area contributed by atoms with E-state index in [1.807, 2.05) is 23.6 Å². The van der Waals surface area contributed by atoms with Crippen LogP contribution in [0, 0.1) is 6.92 Å². The van der Waals surface area contributed by atoms with Crippen molar-refractivity contribution < 1.29 is 14.3 Å². The number of hydrogen-bond donors (Lipinski definition) is 1. The molecule has 0 saturated heterocycles. The van der Waals surface area contributed by atoms with E-state index >= 15 is 0 Å². The first kappa shape index (κ1) is 15.7. The van der Waals surface area contributed by atoms with Crippen molar-refractivity contribution >= 4 is 17.4 Å². The average molecular weight is 332 g/mol. The predicted octanol–water partition coefficient (Wildman–Crippen LogP) is 3.17. The van der Waals surface area contributed by atoms with Crippen molar-refractivity contribution in [1.29, 1.82) is 0 Å². The van der Waals surface area contributed by atoms with Crippen molar-refractivity contribution in [1.82, 2.24) is 10.2 Å². The number of ether oxygens (including phenoxy) is 2. The quantitative estimate of drug-likeness (QED) is 0.935. The molecule has 1 aliphatic rings. The maximum absolute atomic E-state index is 12.2. The summed E-state index contributed by atoms with van der Waals surface area (Å²) < 4.78 is 11.0. The van der Waals surface area contributed by atoms with Crippen LogP contribution in [0.5, 0.6) is 11.5 Å². The van der Waals surface area contributed by atoms with Crippen LogP contribution in [0.3, 0.4) is 0 Å². The van der Waals surface area contributed by atoms with Crippen LogP contribution in [0.1, 0.15) is 16.0 Å². The molecule has 23 heavy (non-hydrogen) atoms. The Morgan fingerprint density at radius 3 is 2.78 bits per heavy atom. The van der Waals surface area contributed by atoms with Crippen molar-refractivity contribution in [3.63, 3.8) is 0 Å². The van der Waals surface area contributed by atoms with Crippen molar-refractivity contribution in [3.05, 3.63) is 45.6 Å². The Labute approximate surface area is 139 Å². The molecule has 1 aromatic carbocycles. The van der Waals surface area contributed by atoms with Crippen molar-refractivity contribution in [2.75, 3.05) is 20.3 Å². The molecule has 2 heterocycles. The number of urea groups is 1. The SMILES string of the molecule is Cc1ccsc1CN(C)C(=O)NCc1ccc2c(c1)OCCO2. The van der Waals surface area contributed by atoms with Gasteiger partial charge in [-0.05, 0) is 41.6 Å². The Hall–Kier alpha value is -2.21. The normalized spacial score (nSPS) is 12.8. The molecular formula is C17H20N2O3S. The lowest BCUT2D eigenvalue weighted by Crippen LogP contribution is -2.36. The fraction of sp³-hybridized carbons (Fsp3) is 0.353. The fourth-order valence-corrected chi connectivity index (χ4v) is 3.32. The van der Waals surface area contributed by atoms with Crippen LogP contribution < -0.4 is 14.8 Å². The molecule has 1 N–H and O–H groups in total. The molecular weight excluding hydrogens is 312 g/mol. The zero-order valence-corrected chi connectivity index (χ0v) is 14.1. The van der Waals surface area contributed by atoms with E-state index in [1.165, 1.54) is 10.4 Å². The lowest BCUT2D eigenvalue weighted by atomic mass is 10.2. The van der Waals surface area contributed by atoms with E-state index < -0.39 is 0 Å². The molecule has 2 amide bonds. The number of carbonyl (C=O) groups is 1. The van der Waals surface area contributed by atoms with Crippen LogP contribution in [-0.4, -0.2) is 31.2 Å². The zero-order chi connectivity index (χ0) is 16.2. The smallest absolute Gasteiger partial charge is 0.317 e. The standard InChI is InChI=1S/C17H20N2O3S/c1-12-5-8-23-16(12)11-19(2)17(20)18-10-13-3-4-14-15(9-13)22-7-6-21-14/h3-5,8-9H,6-7,10-11H2,1-2H3,(H,18,20). The van der Waals surface area contributed by atoms with E-state index in [-0.39, 0.29) is 6.03 Å². The first-order valence-electron chi connectivity index (χ1n) is 7.54. The summed E-state index contributed by atoms with van der Waals surface area (Å²) in [6.07, 6.45) is 0. The van der Waals surface area contributed by atoms with Gasteiger partial charge in [0.25, 0.3) is 0 Å². The first-order chi connectivity index (χ1) is 11.1. The molecule has 0 radical (unpaired) electrons. The van der Waals surface area contributed by atoms with Gasteiger partial charge in [0, 0.05) is 18.5 Å². The predicted molar refractivity (Wildman–Crippen MR) is 90.2 cm³/mol. The maximum atomic E-state index is 12.2. The van der Waals surface area contributed by atoms with Crippen molar-refractivity contribution in [2.24, 2.45) is 0 Å². The summed E-state index contributed by atoms with van der Waals surface area (Å²) in [6, 6.07) is 7.72. The number of carbonyl (C=O) groups excluding carboxylic acids is 1. The minimum Gasteiger partial charge on any atom is -0.486 e. The highest BCUT2D eigenvalue weighted by Gasteiger charge is 2.14. The number of aryl methyl sites for hydroxylation is 1. The molecule has 2 aromatic rings. The number of rotatable bonds is 4. The van der Waals surface area contributed by atoms with Gasteiger partial charge in [-0.1, -0.05) is 6.07 Å². The van der Waals surface area contributed by atoms with E-state index in [1.54, 1.807) is 23.3 Å². The zero-order valence-electron chi connectivity index (χ0n) is 13.3. The highest BCUT2D eigenvalue weighted by Crippen LogP contribution is 2.30. The molecule has 0 unspecified atom stereocenters. The van der Waals surface area contributed by atoms with Gasteiger partial charge in [0.2, 0.25) is 0 Å². The van der Waals surface area contributed by atoms with E-state index in [9.17, 15) is 4.79 Å². The summed E-state index contributed by atoms with van der Waals surface area (Å²) in [6.45, 7) is 4.29. The minimum atomic E-state index is -0.0901. The average Bonchev–Trinajstić information content (AvgIpc) is 2.97. The Morgan fingerprint density at radius 1 is 1.26 bits per heavy atom. The molecule has 3 rings (SSSR count). The van der Waals surface area contributed by atoms with Gasteiger partial charge < -0.3 is 19.7 Å². The van der Waals surface area contributed by atoms with E-state index in [0.717, 1.165) is 17.1 Å². The van der Waals surface area contributed by atoms with Crippen LogP contribution in [0.15, 0.2) is 29.6 Å². The van der Waals surface area contributed by atoms with Gasteiger partial charge >= 0.3 is 6.03 Å².